The molecule has 4 aromatic rings. The number of aryl methyl sites for hydroxylation is 4. The number of rotatable bonds is 6. The van der Waals surface area contributed by atoms with Crippen LogP contribution in [0.15, 0.2) is 97.1 Å². The van der Waals surface area contributed by atoms with Gasteiger partial charge in [-0.15, -0.1) is 0 Å². The van der Waals surface area contributed by atoms with Gasteiger partial charge in [0.15, 0.2) is 11.4 Å². The van der Waals surface area contributed by atoms with Gasteiger partial charge in [-0.25, -0.2) is 0 Å². The van der Waals surface area contributed by atoms with Gasteiger partial charge < -0.3 is 86.1 Å². The molecule has 0 amide bonds. The fourth-order valence-electron chi connectivity index (χ4n) is 2.66. The molecule has 0 bridgehead atoms. The van der Waals surface area contributed by atoms with Crippen molar-refractivity contribution < 1.29 is 86.1 Å². The number of hydrogen-bond acceptors (Lipinski definition) is 18. The topological polar surface area (TPSA) is 379 Å². The van der Waals surface area contributed by atoms with E-state index >= 15 is 0 Å². The third kappa shape index (κ3) is 29.9. The summed E-state index contributed by atoms with van der Waals surface area (Å²) in [6, 6.07) is 34.4. The Kier molecular flexibility index (Phi) is 34.1. The van der Waals surface area contributed by atoms with E-state index in [2.05, 4.69) is 194 Å². The summed E-state index contributed by atoms with van der Waals surface area (Å²) in [5.74, 6) is 0. The van der Waals surface area contributed by atoms with E-state index in [1.54, 1.807) is 0 Å². The largest absolute Gasteiger partial charge is 0.808 e. The van der Waals surface area contributed by atoms with E-state index in [1.807, 2.05) is 0 Å². The maximum absolute atomic E-state index is 9.94. The Morgan fingerprint density at radius 2 is 0.385 bits per heavy atom. The van der Waals surface area contributed by atoms with Gasteiger partial charge in [0.1, 0.15) is 0 Å². The standard InChI is InChI=1S/4C7H7.3CH4Cl2O6P2.4Sn/c4*1-7-5-3-2-4-6-7;3*2-1(3,10(4,5)6)11(7,8)9;;;;/h4*3-6H,1H3;3*(H2,4,5,6)(H2,7,8,9);;;;/q;;;;;;;4*+3/p-12. The number of alkyl halides is 6. The minimum absolute atomic E-state index is 1.34. The van der Waals surface area contributed by atoms with Gasteiger partial charge >= 0.3 is 251 Å². The first-order valence-corrected chi connectivity index (χ1v) is 33.3. The molecule has 0 unspecified atom stereocenters. The van der Waals surface area contributed by atoms with Gasteiger partial charge in [0.05, 0.1) is 0 Å². The van der Waals surface area contributed by atoms with Gasteiger partial charge in [-0.05, 0) is 45.6 Å². The molecule has 0 radical (unpaired) electrons. The van der Waals surface area contributed by atoms with Gasteiger partial charge in [0, 0.05) is 0 Å². The molecule has 0 atom stereocenters. The summed E-state index contributed by atoms with van der Waals surface area (Å²) in [5, 5.41) is 0. The first-order valence-electron chi connectivity index (χ1n) is 16.0. The van der Waals surface area contributed by atoms with Gasteiger partial charge in [-0.1, -0.05) is 69.6 Å². The van der Waals surface area contributed by atoms with E-state index in [0.717, 1.165) is 0 Å². The molecule has 0 spiro atoms. The first kappa shape index (κ1) is 72.0. The van der Waals surface area contributed by atoms with Crippen molar-refractivity contribution in [3.63, 3.8) is 0 Å². The second-order valence-corrected chi connectivity index (χ2v) is 36.8. The average molecular weight is 1560 g/mol. The summed E-state index contributed by atoms with van der Waals surface area (Å²) in [7, 11) is -35.1. The minimum Gasteiger partial charge on any atom is -0.808 e. The van der Waals surface area contributed by atoms with Crippen molar-refractivity contribution in [3.8, 4) is 0 Å². The monoisotopic (exact) mass is 1560 g/mol. The molecule has 4 aromatic carbocycles. The van der Waals surface area contributed by atoms with Crippen molar-refractivity contribution in [2.24, 2.45) is 0 Å². The molecule has 0 saturated heterocycles. The fraction of sp³-hybridized carbons (Fsp3) is 0.226. The molecular weight excluding hydrogens is 1530 g/mol. The van der Waals surface area contributed by atoms with Crippen LogP contribution in [0.3, 0.4) is 0 Å². The fourth-order valence-corrected chi connectivity index (χ4v) is 8.17. The van der Waals surface area contributed by atoms with Crippen LogP contribution >= 0.6 is 115 Å². The van der Waals surface area contributed by atoms with Gasteiger partial charge in [0.25, 0.3) is 0 Å². The zero-order valence-corrected chi connectivity index (χ0v) is 54.4. The van der Waals surface area contributed by atoms with Crippen LogP contribution in [0.1, 0.15) is 22.3 Å². The average Bonchev–Trinajstić information content (AvgIpc) is 3.12. The predicted molar refractivity (Wildman–Crippen MR) is 235 cm³/mol. The molecule has 34 heteroatoms. The summed E-state index contributed by atoms with van der Waals surface area (Å²) in [6.07, 6.45) is 0. The molecule has 18 nitrogen and oxygen atoms in total. The van der Waals surface area contributed by atoms with Crippen LogP contribution in [-0.4, -0.2) is 102 Å². The molecule has 0 aliphatic carbocycles. The third-order valence-corrected chi connectivity index (χ3v) is 25.8. The van der Waals surface area contributed by atoms with Crippen molar-refractivity contribution in [1.29, 1.82) is 0 Å². The van der Waals surface area contributed by atoms with Gasteiger partial charge in [-0.2, -0.15) is 0 Å². The van der Waals surface area contributed by atoms with Gasteiger partial charge in [-0.3, -0.25) is 0 Å². The second kappa shape index (κ2) is 30.8. The van der Waals surface area contributed by atoms with Crippen molar-refractivity contribution >= 4 is 220 Å². The second-order valence-electron chi connectivity index (χ2n) is 12.0. The Balaban J connectivity index is -0.000000693. The van der Waals surface area contributed by atoms with Crippen molar-refractivity contribution in [2.45, 2.75) is 39.1 Å². The van der Waals surface area contributed by atoms with E-state index in [9.17, 15) is 86.1 Å². The normalized spacial score (nSPS) is 12.3. The molecule has 0 aliphatic rings. The van der Waals surface area contributed by atoms with Crippen LogP contribution in [0, 0.1) is 27.7 Å². The zero-order chi connectivity index (χ0) is 52.4. The molecule has 0 heterocycles. The summed E-state index contributed by atoms with van der Waals surface area (Å²) in [6.45, 7) is 8.43. The Bertz CT molecular complexity index is 1880. The van der Waals surface area contributed by atoms with E-state index in [0.29, 0.717) is 0 Å². The van der Waals surface area contributed by atoms with Crippen LogP contribution in [0.25, 0.3) is 0 Å². The van der Waals surface area contributed by atoms with Crippen LogP contribution in [0.2, 0.25) is 0 Å². The number of hydrogen-bond donors (Lipinski definition) is 0. The molecule has 348 valence electrons. The molecule has 0 aromatic heterocycles. The quantitative estimate of drug-likeness (QED) is 0.105. The van der Waals surface area contributed by atoms with E-state index in [4.69, 9.17) is 0 Å². The van der Waals surface area contributed by atoms with Crippen LogP contribution in [-0.2, 0) is 27.4 Å². The van der Waals surface area contributed by atoms with Gasteiger partial charge in [0.2, 0.25) is 0 Å². The Labute approximate surface area is 458 Å². The minimum atomic E-state index is -5.85. The maximum Gasteiger partial charge on any atom is 0.169 e. The summed E-state index contributed by atoms with van der Waals surface area (Å²) in [4.78, 5) is 119. The Hall–Kier alpha value is 2.71. The first-order chi connectivity index (χ1) is 28.7. The van der Waals surface area contributed by atoms with E-state index in [1.165, 1.54) is 127 Å². The van der Waals surface area contributed by atoms with E-state index < -0.39 is 57.0 Å². The predicted octanol–water partition coefficient (Wildman–Crippen LogP) is -3.14. The molecule has 65 heavy (non-hydrogen) atoms. The number of benzene rings is 4. The molecular formula is C31H28Cl6O18P6Sn4. The molecule has 4 rings (SSSR count). The van der Waals surface area contributed by atoms with Crippen molar-refractivity contribution in [3.05, 3.63) is 119 Å². The van der Waals surface area contributed by atoms with E-state index in [-0.39, 0.29) is 0 Å². The van der Waals surface area contributed by atoms with Crippen LogP contribution in [0.4, 0.5) is 0 Å². The summed E-state index contributed by atoms with van der Waals surface area (Å²) in [5.41, 5.74) is 5.37. The summed E-state index contributed by atoms with van der Waals surface area (Å²) >= 11 is 32.9. The molecule has 0 fully saturated rings. The summed E-state index contributed by atoms with van der Waals surface area (Å²) < 4.78 is 53.9. The molecule has 0 aliphatic heterocycles. The van der Waals surface area contributed by atoms with Crippen LogP contribution < -0.4 is 73.0 Å². The SMILES string of the molecule is Cc1cc[c]([Sn+3])cc1.Cc1cc[c]([Sn+3])cc1.Cc1cc[c]([Sn+3])cc1.Cc1cc[c]([Sn+3])cc1.O=P([O-])([O-])C(Cl)(Cl)P(=O)([O-])[O-].O=P([O-])([O-])C(Cl)(Cl)P(=O)([O-])[O-].O=P([O-])([O-])C(Cl)(Cl)P(=O)([O-])[O-]. The Morgan fingerprint density at radius 3 is 0.431 bits per heavy atom. The zero-order valence-electron chi connectivity index (χ0n) is 33.0. The Morgan fingerprint density at radius 1 is 0.292 bits per heavy atom. The number of halogens is 6. The van der Waals surface area contributed by atoms with Crippen molar-refractivity contribution in [1.82, 2.24) is 0 Å². The van der Waals surface area contributed by atoms with Crippen LogP contribution in [0.5, 0.6) is 0 Å². The third-order valence-electron chi connectivity index (χ3n) is 6.18. The molecule has 0 N–H and O–H groups in total. The smallest absolute Gasteiger partial charge is 0.169 e. The van der Waals surface area contributed by atoms with Crippen molar-refractivity contribution in [2.75, 3.05) is 0 Å². The maximum atomic E-state index is 9.94. The molecule has 0 saturated carbocycles.